The van der Waals surface area contributed by atoms with E-state index in [-0.39, 0.29) is 11.3 Å². The number of phenols is 1. The molecule has 0 radical (unpaired) electrons. The van der Waals surface area contributed by atoms with Crippen LogP contribution in [0, 0.1) is 6.92 Å². The lowest BCUT2D eigenvalue weighted by Crippen LogP contribution is -1.96. The van der Waals surface area contributed by atoms with E-state index in [4.69, 9.17) is 14.6 Å². The number of fused-ring (bicyclic) bond motifs is 1. The van der Waals surface area contributed by atoms with Crippen molar-refractivity contribution < 1.29 is 19.4 Å². The predicted molar refractivity (Wildman–Crippen MR) is 49.6 cm³/mol. The molecule has 0 aliphatic heterocycles. The lowest BCUT2D eigenvalue weighted by Gasteiger charge is -1.91. The highest BCUT2D eigenvalue weighted by atomic mass is 16.4. The Bertz CT molecular complexity index is 510. The largest absolute Gasteiger partial charge is 0.508 e. The maximum absolute atomic E-state index is 10.9. The molecule has 14 heavy (non-hydrogen) atoms. The van der Waals surface area contributed by atoms with Crippen molar-refractivity contribution >= 4 is 16.9 Å². The molecule has 0 amide bonds. The number of carbonyl (C=O) groups is 1. The predicted octanol–water partition coefficient (Wildman–Crippen LogP) is 2.15. The number of hydrogen-bond donors (Lipinski definition) is 2. The summed E-state index contributed by atoms with van der Waals surface area (Å²) in [6.07, 6.45) is 0. The summed E-state index contributed by atoms with van der Waals surface area (Å²) >= 11 is 0. The van der Waals surface area contributed by atoms with Crippen molar-refractivity contribution in [2.45, 2.75) is 6.92 Å². The lowest BCUT2D eigenvalue weighted by atomic mass is 10.1. The molecule has 0 fully saturated rings. The van der Waals surface area contributed by atoms with Gasteiger partial charge in [0.25, 0.3) is 0 Å². The summed E-state index contributed by atoms with van der Waals surface area (Å²) in [7, 11) is 0. The normalized spacial score (nSPS) is 10.6. The summed E-state index contributed by atoms with van der Waals surface area (Å²) < 4.78 is 5.20. The van der Waals surface area contributed by atoms with Crippen LogP contribution in [-0.2, 0) is 0 Å². The van der Waals surface area contributed by atoms with Gasteiger partial charge >= 0.3 is 5.97 Å². The minimum atomic E-state index is -1.02. The molecule has 1 heterocycles. The van der Waals surface area contributed by atoms with E-state index < -0.39 is 5.97 Å². The molecule has 1 aromatic carbocycles. The van der Waals surface area contributed by atoms with Gasteiger partial charge in [0.1, 0.15) is 22.7 Å². The molecule has 0 saturated carbocycles. The number of phenolic OH excluding ortho intramolecular Hbond substituents is 1. The van der Waals surface area contributed by atoms with E-state index in [1.807, 2.05) is 0 Å². The van der Waals surface area contributed by atoms with Crippen LogP contribution in [0.3, 0.4) is 0 Å². The second-order valence-electron chi connectivity index (χ2n) is 3.02. The Morgan fingerprint density at radius 1 is 1.43 bits per heavy atom. The molecular weight excluding hydrogens is 184 g/mol. The van der Waals surface area contributed by atoms with Crippen molar-refractivity contribution in [3.63, 3.8) is 0 Å². The fourth-order valence-electron chi connectivity index (χ4n) is 1.47. The van der Waals surface area contributed by atoms with Gasteiger partial charge in [0.15, 0.2) is 0 Å². The van der Waals surface area contributed by atoms with Crippen molar-refractivity contribution in [2.24, 2.45) is 0 Å². The fraction of sp³-hybridized carbons (Fsp3) is 0.100. The van der Waals surface area contributed by atoms with E-state index >= 15 is 0 Å². The molecule has 0 aliphatic rings. The molecule has 4 heteroatoms. The molecule has 2 N–H and O–H groups in total. The second-order valence-corrected chi connectivity index (χ2v) is 3.02. The zero-order valence-corrected chi connectivity index (χ0v) is 7.44. The van der Waals surface area contributed by atoms with Gasteiger partial charge in [0.05, 0.1) is 0 Å². The van der Waals surface area contributed by atoms with Crippen LogP contribution in [0.4, 0.5) is 0 Å². The maximum Gasteiger partial charge on any atom is 0.339 e. The van der Waals surface area contributed by atoms with Gasteiger partial charge in [-0.05, 0) is 19.1 Å². The Morgan fingerprint density at radius 2 is 2.14 bits per heavy atom. The minimum absolute atomic E-state index is 0.0585. The summed E-state index contributed by atoms with van der Waals surface area (Å²) in [6, 6.07) is 4.36. The molecule has 0 aliphatic carbocycles. The van der Waals surface area contributed by atoms with Crippen molar-refractivity contribution in [3.8, 4) is 5.75 Å². The molecule has 0 spiro atoms. The Balaban J connectivity index is 2.84. The first kappa shape index (κ1) is 8.62. The third-order valence-corrected chi connectivity index (χ3v) is 2.06. The summed E-state index contributed by atoms with van der Waals surface area (Å²) in [6.45, 7) is 1.58. The number of carboxylic acid groups (broad SMARTS) is 1. The first-order valence-electron chi connectivity index (χ1n) is 4.05. The van der Waals surface area contributed by atoms with Crippen LogP contribution in [-0.4, -0.2) is 16.2 Å². The highest BCUT2D eigenvalue weighted by Gasteiger charge is 2.16. The number of rotatable bonds is 1. The first-order valence-corrected chi connectivity index (χ1v) is 4.05. The number of benzene rings is 1. The topological polar surface area (TPSA) is 70.7 Å². The van der Waals surface area contributed by atoms with Gasteiger partial charge in [-0.2, -0.15) is 0 Å². The molecule has 0 unspecified atom stereocenters. The van der Waals surface area contributed by atoms with Crippen LogP contribution in [0.1, 0.15) is 16.1 Å². The Hall–Kier alpha value is -1.97. The average Bonchev–Trinajstić information content (AvgIpc) is 2.39. The SMILES string of the molecule is Cc1oc2cc(O)ccc2c1C(=O)O. The lowest BCUT2D eigenvalue weighted by molar-refractivity contribution is 0.0697. The van der Waals surface area contributed by atoms with E-state index in [0.717, 1.165) is 0 Å². The van der Waals surface area contributed by atoms with E-state index in [1.165, 1.54) is 18.2 Å². The molecule has 72 valence electrons. The van der Waals surface area contributed by atoms with Gasteiger partial charge in [0.2, 0.25) is 0 Å². The van der Waals surface area contributed by atoms with Crippen molar-refractivity contribution in [1.82, 2.24) is 0 Å². The number of aryl methyl sites for hydroxylation is 1. The third kappa shape index (κ3) is 1.12. The number of aromatic carboxylic acids is 1. The van der Waals surface area contributed by atoms with Crippen LogP contribution in [0.15, 0.2) is 22.6 Å². The smallest absolute Gasteiger partial charge is 0.339 e. The molecule has 0 saturated heterocycles. The molecule has 0 bridgehead atoms. The van der Waals surface area contributed by atoms with Crippen LogP contribution in [0.25, 0.3) is 11.0 Å². The standard InChI is InChI=1S/C10H8O4/c1-5-9(10(12)13)7-3-2-6(11)4-8(7)14-5/h2-4,11H,1H3,(H,12,13). The van der Waals surface area contributed by atoms with Gasteiger partial charge in [0, 0.05) is 11.5 Å². The van der Waals surface area contributed by atoms with Crippen molar-refractivity contribution in [2.75, 3.05) is 0 Å². The number of hydrogen-bond acceptors (Lipinski definition) is 3. The fourth-order valence-corrected chi connectivity index (χ4v) is 1.47. The van der Waals surface area contributed by atoms with Gasteiger partial charge in [-0.1, -0.05) is 0 Å². The van der Waals surface area contributed by atoms with Crippen molar-refractivity contribution in [3.05, 3.63) is 29.5 Å². The van der Waals surface area contributed by atoms with Gasteiger partial charge in [-0.25, -0.2) is 4.79 Å². The van der Waals surface area contributed by atoms with Gasteiger partial charge < -0.3 is 14.6 Å². The van der Waals surface area contributed by atoms with Gasteiger partial charge in [-0.3, -0.25) is 0 Å². The van der Waals surface area contributed by atoms with Crippen LogP contribution in [0.5, 0.6) is 5.75 Å². The van der Waals surface area contributed by atoms with E-state index in [0.29, 0.717) is 16.7 Å². The van der Waals surface area contributed by atoms with E-state index in [1.54, 1.807) is 6.92 Å². The number of carboxylic acids is 1. The van der Waals surface area contributed by atoms with Crippen LogP contribution in [0.2, 0.25) is 0 Å². The Morgan fingerprint density at radius 3 is 2.79 bits per heavy atom. The first-order chi connectivity index (χ1) is 6.59. The highest BCUT2D eigenvalue weighted by molar-refractivity contribution is 6.03. The second kappa shape index (κ2) is 2.77. The average molecular weight is 192 g/mol. The molecular formula is C10H8O4. The van der Waals surface area contributed by atoms with E-state index in [9.17, 15) is 4.79 Å². The number of aromatic hydroxyl groups is 1. The Labute approximate surface area is 79.4 Å². The summed E-state index contributed by atoms with van der Waals surface area (Å²) in [4.78, 5) is 10.9. The summed E-state index contributed by atoms with van der Waals surface area (Å²) in [5, 5.41) is 18.6. The van der Waals surface area contributed by atoms with E-state index in [2.05, 4.69) is 0 Å². The van der Waals surface area contributed by atoms with Crippen LogP contribution < -0.4 is 0 Å². The summed E-state index contributed by atoms with van der Waals surface area (Å²) in [5.41, 5.74) is 0.542. The molecule has 2 rings (SSSR count). The zero-order valence-electron chi connectivity index (χ0n) is 7.44. The minimum Gasteiger partial charge on any atom is -0.508 e. The quantitative estimate of drug-likeness (QED) is 0.726. The van der Waals surface area contributed by atoms with Crippen molar-refractivity contribution in [1.29, 1.82) is 0 Å². The molecule has 0 atom stereocenters. The number of furan rings is 1. The molecule has 2 aromatic rings. The molecule has 4 nitrogen and oxygen atoms in total. The monoisotopic (exact) mass is 192 g/mol. The van der Waals surface area contributed by atoms with Crippen LogP contribution >= 0.6 is 0 Å². The third-order valence-electron chi connectivity index (χ3n) is 2.06. The summed E-state index contributed by atoms with van der Waals surface area (Å²) in [5.74, 6) is -0.617. The highest BCUT2D eigenvalue weighted by Crippen LogP contribution is 2.28. The van der Waals surface area contributed by atoms with Gasteiger partial charge in [-0.15, -0.1) is 0 Å². The zero-order chi connectivity index (χ0) is 10.3. The Kier molecular flexibility index (Phi) is 1.70. The maximum atomic E-state index is 10.9. The molecule has 1 aromatic heterocycles.